The summed E-state index contributed by atoms with van der Waals surface area (Å²) in [6.45, 7) is 10.6. The lowest BCUT2D eigenvalue weighted by Crippen LogP contribution is -2.39. The maximum atomic E-state index is 13.1. The third-order valence-corrected chi connectivity index (χ3v) is 6.18. The Kier molecular flexibility index (Phi) is 6.14. The Bertz CT molecular complexity index is 1140. The van der Waals surface area contributed by atoms with Gasteiger partial charge in [-0.15, -0.1) is 0 Å². The predicted molar refractivity (Wildman–Crippen MR) is 127 cm³/mol. The molecule has 0 bridgehead atoms. The number of nitrogens with one attached hydrogen (secondary N) is 1. The molecular weight excluding hydrogens is 384 g/mol. The van der Waals surface area contributed by atoms with Gasteiger partial charge in [0.2, 0.25) is 0 Å². The molecule has 1 aromatic heterocycles. The number of para-hydroxylation sites is 1. The van der Waals surface area contributed by atoms with E-state index in [4.69, 9.17) is 4.98 Å². The van der Waals surface area contributed by atoms with Gasteiger partial charge in [0.1, 0.15) is 0 Å². The molecule has 1 saturated heterocycles. The molecule has 0 atom stereocenters. The number of fused-ring (bicyclic) bond motifs is 1. The zero-order valence-corrected chi connectivity index (χ0v) is 18.8. The molecule has 0 aliphatic carbocycles. The van der Waals surface area contributed by atoms with Crippen molar-refractivity contribution in [3.05, 3.63) is 65.2 Å². The van der Waals surface area contributed by atoms with E-state index in [0.717, 1.165) is 53.8 Å². The molecule has 1 aliphatic heterocycles. The van der Waals surface area contributed by atoms with Crippen molar-refractivity contribution in [3.8, 4) is 11.3 Å². The summed E-state index contributed by atoms with van der Waals surface area (Å²) in [4.78, 5) is 20.4. The average Bonchev–Trinajstić information content (AvgIpc) is 2.78. The van der Waals surface area contributed by atoms with Crippen LogP contribution < -0.4 is 5.43 Å². The van der Waals surface area contributed by atoms with Gasteiger partial charge in [0.15, 0.2) is 0 Å². The summed E-state index contributed by atoms with van der Waals surface area (Å²) < 4.78 is 0. The first kappa shape index (κ1) is 21.2. The number of likely N-dealkylation sites (tertiary alicyclic amines) is 1. The van der Waals surface area contributed by atoms with Crippen LogP contribution in [0.4, 0.5) is 0 Å². The summed E-state index contributed by atoms with van der Waals surface area (Å²) >= 11 is 0. The SMILES string of the molecule is Cc1ccc(-c2cc(C(=O)NN=C3CCN(C(C)C)CC3)c3ccccc3n2)cc1C. The summed E-state index contributed by atoms with van der Waals surface area (Å²) in [5.41, 5.74) is 9.52. The highest BCUT2D eigenvalue weighted by Crippen LogP contribution is 2.26. The van der Waals surface area contributed by atoms with Crippen LogP contribution in [0.3, 0.4) is 0 Å². The topological polar surface area (TPSA) is 57.6 Å². The predicted octanol–water partition coefficient (Wildman–Crippen LogP) is 5.11. The Balaban J connectivity index is 1.62. The van der Waals surface area contributed by atoms with Gasteiger partial charge in [-0.25, -0.2) is 10.4 Å². The molecule has 1 N–H and O–H groups in total. The number of carbonyl (C=O) groups is 1. The van der Waals surface area contributed by atoms with E-state index in [1.165, 1.54) is 11.1 Å². The van der Waals surface area contributed by atoms with Crippen molar-refractivity contribution in [1.29, 1.82) is 0 Å². The van der Waals surface area contributed by atoms with Gasteiger partial charge in [-0.1, -0.05) is 30.3 Å². The fourth-order valence-corrected chi connectivity index (χ4v) is 4.01. The third kappa shape index (κ3) is 4.67. The lowest BCUT2D eigenvalue weighted by molar-refractivity contribution is 0.0956. The van der Waals surface area contributed by atoms with E-state index in [1.807, 2.05) is 30.3 Å². The summed E-state index contributed by atoms with van der Waals surface area (Å²) in [7, 11) is 0. The molecule has 0 spiro atoms. The minimum Gasteiger partial charge on any atom is -0.300 e. The zero-order valence-electron chi connectivity index (χ0n) is 18.8. The number of hydrogen-bond acceptors (Lipinski definition) is 4. The van der Waals surface area contributed by atoms with Gasteiger partial charge in [0.05, 0.1) is 16.8 Å². The number of hydrazone groups is 1. The number of amides is 1. The fourth-order valence-electron chi connectivity index (χ4n) is 4.01. The quantitative estimate of drug-likeness (QED) is 0.604. The summed E-state index contributed by atoms with van der Waals surface area (Å²) in [5.74, 6) is -0.192. The number of piperidine rings is 1. The van der Waals surface area contributed by atoms with Gasteiger partial charge in [0, 0.05) is 48.6 Å². The molecule has 0 radical (unpaired) electrons. The Labute approximate surface area is 184 Å². The Morgan fingerprint density at radius 2 is 1.77 bits per heavy atom. The standard InChI is InChI=1S/C26H30N4O/c1-17(2)30-13-11-21(12-14-30)28-29-26(31)23-16-25(20-10-9-18(3)19(4)15-20)27-24-8-6-5-7-22(23)24/h5-10,15-17H,11-14H2,1-4H3,(H,29,31). The van der Waals surface area contributed by atoms with Gasteiger partial charge in [-0.2, -0.15) is 5.10 Å². The molecule has 0 saturated carbocycles. The maximum Gasteiger partial charge on any atom is 0.272 e. The number of carbonyl (C=O) groups excluding carboxylic acids is 1. The lowest BCUT2D eigenvalue weighted by atomic mass is 10.0. The van der Waals surface area contributed by atoms with Crippen LogP contribution in [0.2, 0.25) is 0 Å². The molecule has 5 heteroatoms. The van der Waals surface area contributed by atoms with Crippen molar-refractivity contribution in [2.24, 2.45) is 5.10 Å². The van der Waals surface area contributed by atoms with Crippen LogP contribution in [0.5, 0.6) is 0 Å². The molecule has 1 fully saturated rings. The molecule has 2 aromatic carbocycles. The van der Waals surface area contributed by atoms with Crippen molar-refractivity contribution in [2.75, 3.05) is 13.1 Å². The van der Waals surface area contributed by atoms with Gasteiger partial charge < -0.3 is 4.90 Å². The molecule has 1 amide bonds. The fraction of sp³-hybridized carbons (Fsp3) is 0.346. The highest BCUT2D eigenvalue weighted by Gasteiger charge is 2.18. The van der Waals surface area contributed by atoms with Crippen molar-refractivity contribution in [2.45, 2.75) is 46.6 Å². The highest BCUT2D eigenvalue weighted by molar-refractivity contribution is 6.07. The Morgan fingerprint density at radius 1 is 1.03 bits per heavy atom. The number of rotatable bonds is 4. The number of aromatic nitrogens is 1. The average molecular weight is 415 g/mol. The summed E-state index contributed by atoms with van der Waals surface area (Å²) in [6, 6.07) is 16.5. The molecule has 3 aromatic rings. The van der Waals surface area contributed by atoms with E-state index in [1.54, 1.807) is 0 Å². The van der Waals surface area contributed by atoms with E-state index in [0.29, 0.717) is 11.6 Å². The van der Waals surface area contributed by atoms with Crippen LogP contribution in [0.1, 0.15) is 48.2 Å². The number of nitrogens with zero attached hydrogens (tertiary/aromatic N) is 3. The van der Waals surface area contributed by atoms with Gasteiger partial charge in [0.25, 0.3) is 5.91 Å². The van der Waals surface area contributed by atoms with E-state index in [2.05, 4.69) is 61.3 Å². The van der Waals surface area contributed by atoms with Crippen molar-refractivity contribution < 1.29 is 4.79 Å². The molecule has 4 rings (SSSR count). The van der Waals surface area contributed by atoms with Crippen LogP contribution >= 0.6 is 0 Å². The first-order chi connectivity index (χ1) is 14.9. The summed E-state index contributed by atoms with van der Waals surface area (Å²) in [6.07, 6.45) is 1.78. The number of pyridine rings is 1. The second-order valence-corrected chi connectivity index (χ2v) is 8.62. The minimum atomic E-state index is -0.192. The normalized spacial score (nSPS) is 14.8. The highest BCUT2D eigenvalue weighted by atomic mass is 16.2. The molecule has 0 unspecified atom stereocenters. The second kappa shape index (κ2) is 8.98. The molecule has 5 nitrogen and oxygen atoms in total. The zero-order chi connectivity index (χ0) is 22.0. The van der Waals surface area contributed by atoms with Crippen molar-refractivity contribution >= 4 is 22.5 Å². The molecule has 2 heterocycles. The molecule has 160 valence electrons. The first-order valence-electron chi connectivity index (χ1n) is 11.0. The number of benzene rings is 2. The monoisotopic (exact) mass is 414 g/mol. The Morgan fingerprint density at radius 3 is 2.48 bits per heavy atom. The van der Waals surface area contributed by atoms with Gasteiger partial charge in [-0.05, 0) is 57.0 Å². The second-order valence-electron chi connectivity index (χ2n) is 8.62. The van der Waals surface area contributed by atoms with E-state index >= 15 is 0 Å². The maximum absolute atomic E-state index is 13.1. The summed E-state index contributed by atoms with van der Waals surface area (Å²) in [5, 5.41) is 5.29. The molecular formula is C26H30N4O. The molecule has 1 aliphatic rings. The van der Waals surface area contributed by atoms with Crippen LogP contribution in [0, 0.1) is 13.8 Å². The van der Waals surface area contributed by atoms with Crippen LogP contribution in [0.15, 0.2) is 53.6 Å². The van der Waals surface area contributed by atoms with Crippen molar-refractivity contribution in [3.63, 3.8) is 0 Å². The van der Waals surface area contributed by atoms with E-state index in [-0.39, 0.29) is 5.91 Å². The van der Waals surface area contributed by atoms with Gasteiger partial charge >= 0.3 is 0 Å². The number of aryl methyl sites for hydroxylation is 2. The lowest BCUT2D eigenvalue weighted by Gasteiger charge is -2.30. The largest absolute Gasteiger partial charge is 0.300 e. The number of hydrogen-bond donors (Lipinski definition) is 1. The van der Waals surface area contributed by atoms with Crippen LogP contribution in [0.25, 0.3) is 22.2 Å². The minimum absolute atomic E-state index is 0.192. The first-order valence-corrected chi connectivity index (χ1v) is 11.0. The smallest absolute Gasteiger partial charge is 0.272 e. The van der Waals surface area contributed by atoms with E-state index < -0.39 is 0 Å². The van der Waals surface area contributed by atoms with Crippen LogP contribution in [-0.2, 0) is 0 Å². The van der Waals surface area contributed by atoms with Gasteiger partial charge in [-0.3, -0.25) is 4.79 Å². The Hall–Kier alpha value is -3.05. The van der Waals surface area contributed by atoms with E-state index in [9.17, 15) is 4.79 Å². The van der Waals surface area contributed by atoms with Crippen molar-refractivity contribution in [1.82, 2.24) is 15.3 Å². The third-order valence-electron chi connectivity index (χ3n) is 6.18. The molecule has 31 heavy (non-hydrogen) atoms. The van der Waals surface area contributed by atoms with Crippen LogP contribution in [-0.4, -0.2) is 40.6 Å².